The monoisotopic (exact) mass is 277 g/mol. The number of aromatic amines is 1. The Morgan fingerprint density at radius 2 is 1.81 bits per heavy atom. The topological polar surface area (TPSA) is 31.9 Å². The number of aromatic nitrogens is 2. The summed E-state index contributed by atoms with van der Waals surface area (Å²) in [5.41, 5.74) is 2.64. The fourth-order valence-electron chi connectivity index (χ4n) is 3.28. The molecule has 0 spiro atoms. The number of anilines is 1. The molecule has 0 aliphatic carbocycles. The van der Waals surface area contributed by atoms with E-state index in [1.54, 1.807) is 0 Å². The van der Waals surface area contributed by atoms with Crippen LogP contribution in [0.3, 0.4) is 0 Å². The van der Waals surface area contributed by atoms with Gasteiger partial charge in [0.15, 0.2) is 0 Å². The Balaban J connectivity index is 1.50. The molecule has 1 N–H and O–H groups in total. The molecule has 0 unspecified atom stereocenters. The molecule has 1 aliphatic rings. The Bertz CT molecular complexity index is 691. The molecule has 106 valence electrons. The second kappa shape index (κ2) is 5.24. The summed E-state index contributed by atoms with van der Waals surface area (Å²) in [4.78, 5) is 10.4. The Hall–Kier alpha value is -2.29. The molecule has 1 saturated heterocycles. The van der Waals surface area contributed by atoms with Crippen molar-refractivity contribution in [3.63, 3.8) is 0 Å². The van der Waals surface area contributed by atoms with E-state index in [-0.39, 0.29) is 0 Å². The minimum absolute atomic E-state index is 0.636. The highest BCUT2D eigenvalue weighted by Crippen LogP contribution is 2.31. The van der Waals surface area contributed by atoms with E-state index in [9.17, 15) is 0 Å². The zero-order valence-electron chi connectivity index (χ0n) is 12.0. The van der Waals surface area contributed by atoms with Crippen LogP contribution >= 0.6 is 0 Å². The van der Waals surface area contributed by atoms with Gasteiger partial charge in [0.1, 0.15) is 5.82 Å². The van der Waals surface area contributed by atoms with Crippen molar-refractivity contribution >= 4 is 16.7 Å². The van der Waals surface area contributed by atoms with Crippen molar-refractivity contribution in [3.05, 3.63) is 60.4 Å². The van der Waals surface area contributed by atoms with Crippen LogP contribution in [0, 0.1) is 0 Å². The number of hydrogen-bond acceptors (Lipinski definition) is 2. The van der Waals surface area contributed by atoms with Crippen LogP contribution in [-0.2, 0) is 0 Å². The van der Waals surface area contributed by atoms with Gasteiger partial charge in [0, 0.05) is 36.4 Å². The Labute approximate surface area is 124 Å². The first-order valence-corrected chi connectivity index (χ1v) is 7.64. The zero-order valence-corrected chi connectivity index (χ0v) is 12.0. The number of benzene rings is 1. The molecule has 0 bridgehead atoms. The van der Waals surface area contributed by atoms with Gasteiger partial charge >= 0.3 is 0 Å². The smallest absolute Gasteiger partial charge is 0.128 e. The third-order valence-electron chi connectivity index (χ3n) is 4.46. The maximum absolute atomic E-state index is 4.45. The zero-order chi connectivity index (χ0) is 14.1. The van der Waals surface area contributed by atoms with Crippen LogP contribution in [0.25, 0.3) is 10.9 Å². The molecule has 0 saturated carbocycles. The van der Waals surface area contributed by atoms with Gasteiger partial charge in [-0.05, 0) is 42.5 Å². The van der Waals surface area contributed by atoms with Gasteiger partial charge in [-0.15, -0.1) is 0 Å². The number of pyridine rings is 1. The lowest BCUT2D eigenvalue weighted by Crippen LogP contribution is -2.33. The van der Waals surface area contributed by atoms with E-state index in [1.165, 1.54) is 29.4 Å². The molecule has 1 fully saturated rings. The fraction of sp³-hybridized carbons (Fsp3) is 0.278. The number of nitrogens with zero attached hydrogens (tertiary/aromatic N) is 2. The lowest BCUT2D eigenvalue weighted by atomic mass is 9.93. The van der Waals surface area contributed by atoms with Crippen molar-refractivity contribution in [2.45, 2.75) is 18.8 Å². The lowest BCUT2D eigenvalue weighted by Gasteiger charge is -2.32. The average molecular weight is 277 g/mol. The molecule has 2 aromatic heterocycles. The lowest BCUT2D eigenvalue weighted by molar-refractivity contribution is 0.496. The number of piperidine rings is 1. The van der Waals surface area contributed by atoms with Crippen LogP contribution in [0.15, 0.2) is 54.7 Å². The normalized spacial score (nSPS) is 16.5. The Kier molecular flexibility index (Phi) is 3.11. The van der Waals surface area contributed by atoms with Gasteiger partial charge in [-0.2, -0.15) is 0 Å². The molecule has 1 aromatic carbocycles. The van der Waals surface area contributed by atoms with E-state index < -0.39 is 0 Å². The third kappa shape index (κ3) is 2.40. The molecule has 3 aromatic rings. The van der Waals surface area contributed by atoms with Crippen LogP contribution in [-0.4, -0.2) is 23.1 Å². The van der Waals surface area contributed by atoms with Gasteiger partial charge in [0.05, 0.1) is 0 Å². The van der Waals surface area contributed by atoms with Crippen molar-refractivity contribution in [2.75, 3.05) is 18.0 Å². The summed E-state index contributed by atoms with van der Waals surface area (Å²) >= 11 is 0. The number of nitrogens with one attached hydrogen (secondary N) is 1. The molecule has 3 nitrogen and oxygen atoms in total. The molecule has 0 atom stereocenters. The summed E-state index contributed by atoms with van der Waals surface area (Å²) in [6.07, 6.45) is 4.24. The van der Waals surface area contributed by atoms with Gasteiger partial charge in [0.25, 0.3) is 0 Å². The van der Waals surface area contributed by atoms with Crippen LogP contribution in [0.4, 0.5) is 5.82 Å². The van der Waals surface area contributed by atoms with Gasteiger partial charge in [0.2, 0.25) is 0 Å². The van der Waals surface area contributed by atoms with E-state index in [0.717, 1.165) is 18.9 Å². The molecule has 0 amide bonds. The Morgan fingerprint density at radius 1 is 1.00 bits per heavy atom. The highest BCUT2D eigenvalue weighted by atomic mass is 15.2. The quantitative estimate of drug-likeness (QED) is 0.769. The van der Waals surface area contributed by atoms with E-state index >= 15 is 0 Å². The van der Waals surface area contributed by atoms with E-state index in [1.807, 2.05) is 12.3 Å². The second-order valence-corrected chi connectivity index (χ2v) is 5.76. The van der Waals surface area contributed by atoms with Crippen LogP contribution in [0.5, 0.6) is 0 Å². The average Bonchev–Trinajstić information content (AvgIpc) is 3.00. The second-order valence-electron chi connectivity index (χ2n) is 5.76. The SMILES string of the molecule is c1ccc(N2CCC(c3cc4ccccc4[nH]3)CC2)nc1. The molecule has 0 radical (unpaired) electrons. The molecular weight excluding hydrogens is 258 g/mol. The summed E-state index contributed by atoms with van der Waals surface area (Å²) < 4.78 is 0. The standard InChI is InChI=1S/C18H19N3/c1-2-6-16-15(5-1)13-17(20-16)14-8-11-21(12-9-14)18-7-3-4-10-19-18/h1-7,10,13-14,20H,8-9,11-12H2. The summed E-state index contributed by atoms with van der Waals surface area (Å²) in [6.45, 7) is 2.16. The Morgan fingerprint density at radius 3 is 2.57 bits per heavy atom. The van der Waals surface area contributed by atoms with Crippen molar-refractivity contribution in [3.8, 4) is 0 Å². The maximum atomic E-state index is 4.45. The minimum atomic E-state index is 0.636. The predicted molar refractivity (Wildman–Crippen MR) is 86.7 cm³/mol. The number of fused-ring (bicyclic) bond motifs is 1. The first-order valence-electron chi connectivity index (χ1n) is 7.64. The van der Waals surface area contributed by atoms with Crippen molar-refractivity contribution in [1.29, 1.82) is 0 Å². The summed E-state index contributed by atoms with van der Waals surface area (Å²) in [5, 5.41) is 1.32. The van der Waals surface area contributed by atoms with E-state index in [0.29, 0.717) is 5.92 Å². The molecule has 4 rings (SSSR count). The molecule has 3 heteroatoms. The number of para-hydroxylation sites is 1. The van der Waals surface area contributed by atoms with Gasteiger partial charge < -0.3 is 9.88 Å². The van der Waals surface area contributed by atoms with Gasteiger partial charge in [-0.1, -0.05) is 24.3 Å². The van der Waals surface area contributed by atoms with E-state index in [2.05, 4.69) is 57.3 Å². The largest absolute Gasteiger partial charge is 0.358 e. The van der Waals surface area contributed by atoms with Crippen molar-refractivity contribution in [2.24, 2.45) is 0 Å². The molecule has 3 heterocycles. The van der Waals surface area contributed by atoms with Crippen LogP contribution in [0.1, 0.15) is 24.5 Å². The fourth-order valence-corrected chi connectivity index (χ4v) is 3.28. The number of H-pyrrole nitrogens is 1. The summed E-state index contributed by atoms with van der Waals surface area (Å²) in [6, 6.07) is 17.0. The van der Waals surface area contributed by atoms with E-state index in [4.69, 9.17) is 0 Å². The highest BCUT2D eigenvalue weighted by molar-refractivity contribution is 5.80. The highest BCUT2D eigenvalue weighted by Gasteiger charge is 2.22. The van der Waals surface area contributed by atoms with Crippen molar-refractivity contribution in [1.82, 2.24) is 9.97 Å². The molecule has 21 heavy (non-hydrogen) atoms. The number of rotatable bonds is 2. The number of hydrogen-bond donors (Lipinski definition) is 1. The predicted octanol–water partition coefficient (Wildman–Crippen LogP) is 3.95. The molecule has 1 aliphatic heterocycles. The van der Waals surface area contributed by atoms with Crippen LogP contribution in [0.2, 0.25) is 0 Å². The first kappa shape index (κ1) is 12.5. The summed E-state index contributed by atoms with van der Waals surface area (Å²) in [5.74, 6) is 1.74. The first-order chi connectivity index (χ1) is 10.4. The minimum Gasteiger partial charge on any atom is -0.358 e. The van der Waals surface area contributed by atoms with Crippen molar-refractivity contribution < 1.29 is 0 Å². The maximum Gasteiger partial charge on any atom is 0.128 e. The molecular formula is C18H19N3. The van der Waals surface area contributed by atoms with Gasteiger partial charge in [-0.25, -0.2) is 4.98 Å². The van der Waals surface area contributed by atoms with Gasteiger partial charge in [-0.3, -0.25) is 0 Å². The summed E-state index contributed by atoms with van der Waals surface area (Å²) in [7, 11) is 0. The van der Waals surface area contributed by atoms with Crippen LogP contribution < -0.4 is 4.90 Å². The third-order valence-corrected chi connectivity index (χ3v) is 4.46.